The Morgan fingerprint density at radius 1 is 0.935 bits per heavy atom. The molecule has 2 aliphatic rings. The van der Waals surface area contributed by atoms with Gasteiger partial charge in [0.2, 0.25) is 0 Å². The van der Waals surface area contributed by atoms with Gasteiger partial charge in [0.25, 0.3) is 5.91 Å². The largest absolute Gasteiger partial charge is 0.272 e. The molecule has 0 bridgehead atoms. The van der Waals surface area contributed by atoms with Gasteiger partial charge in [-0.1, -0.05) is 60.7 Å². The molecule has 1 unspecified atom stereocenters. The second-order valence-corrected chi connectivity index (χ2v) is 7.49. The molecule has 1 amide bonds. The predicted molar refractivity (Wildman–Crippen MR) is 118 cm³/mol. The van der Waals surface area contributed by atoms with Crippen molar-refractivity contribution in [3.8, 4) is 0 Å². The van der Waals surface area contributed by atoms with Gasteiger partial charge in [0.05, 0.1) is 17.6 Å². The Balaban J connectivity index is 1.51. The van der Waals surface area contributed by atoms with E-state index in [1.54, 1.807) is 17.3 Å². The van der Waals surface area contributed by atoms with Crippen molar-refractivity contribution in [1.29, 1.82) is 0 Å². The van der Waals surface area contributed by atoms with Crippen molar-refractivity contribution < 1.29 is 9.18 Å². The maximum absolute atomic E-state index is 13.6. The number of nitrogens with zero attached hydrogens (tertiary/aromatic N) is 4. The summed E-state index contributed by atoms with van der Waals surface area (Å²) in [5, 5.41) is 0. The Morgan fingerprint density at radius 2 is 1.68 bits per heavy atom. The normalized spacial score (nSPS) is 17.7. The number of fused-ring (bicyclic) bond motifs is 1. The van der Waals surface area contributed by atoms with E-state index in [-0.39, 0.29) is 12.3 Å². The van der Waals surface area contributed by atoms with Crippen LogP contribution in [0.3, 0.4) is 0 Å². The maximum atomic E-state index is 13.6. The SMILES string of the molecule is O=C1C(Cc2cncc(F)c2)N=C2C(Cc3ccccc3)=NC(c3ccccc3)=CN12. The summed E-state index contributed by atoms with van der Waals surface area (Å²) in [4.78, 5) is 28.2. The van der Waals surface area contributed by atoms with E-state index < -0.39 is 11.9 Å². The number of rotatable bonds is 5. The average molecular weight is 410 g/mol. The Hall–Kier alpha value is -3.93. The van der Waals surface area contributed by atoms with Crippen LogP contribution in [0.4, 0.5) is 4.39 Å². The molecule has 0 saturated carbocycles. The standard InChI is InChI=1S/C25H19FN4O/c26-20-11-18(14-27-15-20)13-22-25(31)30-16-23(19-9-5-2-6-10-19)28-21(24(30)29-22)12-17-7-3-1-4-8-17/h1-11,14-16,22H,12-13H2. The van der Waals surface area contributed by atoms with Crippen molar-refractivity contribution in [2.24, 2.45) is 9.98 Å². The van der Waals surface area contributed by atoms with Gasteiger partial charge in [-0.3, -0.25) is 19.7 Å². The second kappa shape index (κ2) is 8.07. The molecule has 0 N–H and O–H groups in total. The summed E-state index contributed by atoms with van der Waals surface area (Å²) in [6, 6.07) is 20.5. The van der Waals surface area contributed by atoms with Crippen LogP contribution in [-0.4, -0.2) is 33.4 Å². The lowest BCUT2D eigenvalue weighted by Gasteiger charge is -2.22. The Bertz CT molecular complexity index is 1220. The number of hydrogen-bond acceptors (Lipinski definition) is 4. The summed E-state index contributed by atoms with van der Waals surface area (Å²) in [5.74, 6) is -0.0121. The van der Waals surface area contributed by atoms with E-state index in [0.29, 0.717) is 23.5 Å². The number of carbonyl (C=O) groups excluding carboxylic acids is 1. The molecule has 2 aliphatic heterocycles. The van der Waals surface area contributed by atoms with Crippen molar-refractivity contribution in [3.63, 3.8) is 0 Å². The van der Waals surface area contributed by atoms with Crippen molar-refractivity contribution in [2.75, 3.05) is 0 Å². The van der Waals surface area contributed by atoms with Crippen molar-refractivity contribution in [2.45, 2.75) is 18.9 Å². The van der Waals surface area contributed by atoms with Crippen LogP contribution in [0.15, 0.2) is 95.3 Å². The van der Waals surface area contributed by atoms with Crippen LogP contribution in [0.1, 0.15) is 16.7 Å². The molecule has 2 aromatic carbocycles. The molecule has 3 heterocycles. The Morgan fingerprint density at radius 3 is 2.42 bits per heavy atom. The minimum atomic E-state index is -0.633. The molecular weight excluding hydrogens is 391 g/mol. The molecule has 3 aromatic rings. The van der Waals surface area contributed by atoms with Crippen LogP contribution < -0.4 is 0 Å². The molecule has 5 rings (SSSR count). The monoisotopic (exact) mass is 410 g/mol. The lowest BCUT2D eigenvalue weighted by molar-refractivity contribution is -0.125. The first-order valence-corrected chi connectivity index (χ1v) is 10.1. The average Bonchev–Trinajstić information content (AvgIpc) is 3.11. The number of amides is 1. The summed E-state index contributed by atoms with van der Waals surface area (Å²) >= 11 is 0. The fraction of sp³-hybridized carbons (Fsp3) is 0.120. The maximum Gasteiger partial charge on any atom is 0.257 e. The summed E-state index contributed by atoms with van der Waals surface area (Å²) in [7, 11) is 0. The van der Waals surface area contributed by atoms with Gasteiger partial charge in [-0.15, -0.1) is 0 Å². The summed E-state index contributed by atoms with van der Waals surface area (Å²) in [6.07, 6.45) is 5.31. The van der Waals surface area contributed by atoms with E-state index >= 15 is 0 Å². The zero-order valence-corrected chi connectivity index (χ0v) is 16.6. The number of benzene rings is 2. The van der Waals surface area contributed by atoms with Gasteiger partial charge in [0, 0.05) is 30.8 Å². The highest BCUT2D eigenvalue weighted by Gasteiger charge is 2.38. The van der Waals surface area contributed by atoms with Crippen LogP contribution in [0.5, 0.6) is 0 Å². The van der Waals surface area contributed by atoms with E-state index in [9.17, 15) is 9.18 Å². The zero-order valence-electron chi connectivity index (χ0n) is 16.6. The molecule has 6 heteroatoms. The molecule has 1 atom stereocenters. The van der Waals surface area contributed by atoms with E-state index in [0.717, 1.165) is 23.0 Å². The Labute approximate surface area is 179 Å². The predicted octanol–water partition coefficient (Wildman–Crippen LogP) is 4.07. The van der Waals surface area contributed by atoms with Crippen molar-refractivity contribution in [1.82, 2.24) is 9.88 Å². The van der Waals surface area contributed by atoms with Gasteiger partial charge >= 0.3 is 0 Å². The molecule has 0 spiro atoms. The van der Waals surface area contributed by atoms with Crippen LogP contribution in [0.25, 0.3) is 5.70 Å². The summed E-state index contributed by atoms with van der Waals surface area (Å²) in [5.41, 5.74) is 4.10. The van der Waals surface area contributed by atoms with E-state index in [1.807, 2.05) is 60.7 Å². The molecule has 31 heavy (non-hydrogen) atoms. The van der Waals surface area contributed by atoms with Crippen LogP contribution in [0, 0.1) is 5.82 Å². The van der Waals surface area contributed by atoms with E-state index in [2.05, 4.69) is 9.98 Å². The molecule has 152 valence electrons. The third-order valence-electron chi connectivity index (χ3n) is 5.27. The number of amidine groups is 1. The third kappa shape index (κ3) is 3.92. The van der Waals surface area contributed by atoms with E-state index in [4.69, 9.17) is 4.99 Å². The molecule has 0 saturated heterocycles. The highest BCUT2D eigenvalue weighted by Crippen LogP contribution is 2.27. The van der Waals surface area contributed by atoms with Gasteiger partial charge in [0.1, 0.15) is 11.9 Å². The minimum absolute atomic E-state index is 0.145. The highest BCUT2D eigenvalue weighted by atomic mass is 19.1. The van der Waals surface area contributed by atoms with Crippen LogP contribution in [0.2, 0.25) is 0 Å². The Kier molecular flexibility index (Phi) is 4.96. The third-order valence-corrected chi connectivity index (χ3v) is 5.27. The molecule has 5 nitrogen and oxygen atoms in total. The lowest BCUT2D eigenvalue weighted by Crippen LogP contribution is -2.38. The van der Waals surface area contributed by atoms with Gasteiger partial charge in [0.15, 0.2) is 5.84 Å². The van der Waals surface area contributed by atoms with Gasteiger partial charge in [-0.25, -0.2) is 9.38 Å². The first-order valence-electron chi connectivity index (χ1n) is 10.1. The summed E-state index contributed by atoms with van der Waals surface area (Å²) < 4.78 is 13.6. The number of pyridine rings is 1. The minimum Gasteiger partial charge on any atom is -0.272 e. The van der Waals surface area contributed by atoms with Gasteiger partial charge in [-0.2, -0.15) is 0 Å². The smallest absolute Gasteiger partial charge is 0.257 e. The number of aromatic nitrogens is 1. The van der Waals surface area contributed by atoms with Gasteiger partial charge in [-0.05, 0) is 17.2 Å². The highest BCUT2D eigenvalue weighted by molar-refractivity contribution is 6.47. The van der Waals surface area contributed by atoms with E-state index in [1.165, 1.54) is 6.07 Å². The molecule has 0 aliphatic carbocycles. The summed E-state index contributed by atoms with van der Waals surface area (Å²) in [6.45, 7) is 0. The fourth-order valence-electron chi connectivity index (χ4n) is 3.79. The van der Waals surface area contributed by atoms with Crippen LogP contribution >= 0.6 is 0 Å². The topological polar surface area (TPSA) is 57.9 Å². The zero-order chi connectivity index (χ0) is 21.2. The number of halogens is 1. The number of aliphatic imine (C=N–C) groups is 2. The van der Waals surface area contributed by atoms with Gasteiger partial charge < -0.3 is 0 Å². The van der Waals surface area contributed by atoms with Crippen LogP contribution in [-0.2, 0) is 17.6 Å². The van der Waals surface area contributed by atoms with Crippen molar-refractivity contribution in [3.05, 3.63) is 108 Å². The molecule has 0 fully saturated rings. The number of carbonyl (C=O) groups is 1. The number of hydrogen-bond donors (Lipinski definition) is 0. The first-order chi connectivity index (χ1) is 15.2. The quantitative estimate of drug-likeness (QED) is 0.637. The van der Waals surface area contributed by atoms with Crippen molar-refractivity contribution >= 4 is 23.2 Å². The molecule has 1 aromatic heterocycles. The lowest BCUT2D eigenvalue weighted by atomic mass is 10.0. The first kappa shape index (κ1) is 19.1. The fourth-order valence-corrected chi connectivity index (χ4v) is 3.79. The molecular formula is C25H19FN4O. The molecule has 0 radical (unpaired) electrons. The second-order valence-electron chi connectivity index (χ2n) is 7.49.